The molecular formula is C22H26N4O3. The topological polar surface area (TPSA) is 88.6 Å². The summed E-state index contributed by atoms with van der Waals surface area (Å²) in [6, 6.07) is 9.62. The van der Waals surface area contributed by atoms with Crippen LogP contribution in [-0.2, 0) is 7.05 Å². The number of aliphatic hydroxyl groups is 1. The highest BCUT2D eigenvalue weighted by atomic mass is 16.3. The maximum atomic E-state index is 12.9. The van der Waals surface area contributed by atoms with Crippen LogP contribution >= 0.6 is 0 Å². The van der Waals surface area contributed by atoms with E-state index in [1.54, 1.807) is 17.8 Å². The Balaban J connectivity index is 1.80. The molecule has 0 spiro atoms. The van der Waals surface area contributed by atoms with Crippen LogP contribution in [0.15, 0.2) is 41.3 Å². The normalized spacial score (nSPS) is 15.0. The van der Waals surface area contributed by atoms with Crippen molar-refractivity contribution in [2.75, 3.05) is 13.2 Å². The number of nitrogens with one attached hydrogen (secondary N) is 1. The molecule has 0 aliphatic heterocycles. The summed E-state index contributed by atoms with van der Waals surface area (Å²) in [6.45, 7) is -0.0215. The van der Waals surface area contributed by atoms with Crippen molar-refractivity contribution < 1.29 is 9.90 Å². The first kappa shape index (κ1) is 19.4. The maximum absolute atomic E-state index is 12.9. The summed E-state index contributed by atoms with van der Waals surface area (Å²) in [7, 11) is 1.77. The predicted molar refractivity (Wildman–Crippen MR) is 111 cm³/mol. The van der Waals surface area contributed by atoms with Crippen molar-refractivity contribution in [3.8, 4) is 11.3 Å². The first-order valence-corrected chi connectivity index (χ1v) is 10.2. The Labute approximate surface area is 169 Å². The lowest BCUT2D eigenvalue weighted by atomic mass is 9.84. The minimum atomic E-state index is -0.360. The molecule has 0 atom stereocenters. The minimum absolute atomic E-state index is 0.136. The number of carbonyl (C=O) groups excluding carboxylic acids is 1. The molecule has 1 fully saturated rings. The molecule has 2 heterocycles. The molecule has 1 aliphatic carbocycles. The smallest absolute Gasteiger partial charge is 0.274 e. The first-order valence-electron chi connectivity index (χ1n) is 10.2. The molecule has 2 N–H and O–H groups in total. The van der Waals surface area contributed by atoms with Gasteiger partial charge in [-0.2, -0.15) is 9.61 Å². The lowest BCUT2D eigenvalue weighted by Gasteiger charge is -2.22. The van der Waals surface area contributed by atoms with Crippen LogP contribution in [-0.4, -0.2) is 38.3 Å². The SMILES string of the molecule is Cn1ccc(=O)n2nc(-c3ccc(C4CCCCC4)cc3)c(C(=O)NCCO)c12. The van der Waals surface area contributed by atoms with E-state index >= 15 is 0 Å². The van der Waals surface area contributed by atoms with Crippen molar-refractivity contribution in [1.29, 1.82) is 0 Å². The molecule has 2 aromatic heterocycles. The van der Waals surface area contributed by atoms with E-state index in [4.69, 9.17) is 5.11 Å². The van der Waals surface area contributed by atoms with Crippen LogP contribution in [0.2, 0.25) is 0 Å². The Morgan fingerprint density at radius 1 is 1.17 bits per heavy atom. The van der Waals surface area contributed by atoms with Gasteiger partial charge in [0.2, 0.25) is 0 Å². The number of aromatic nitrogens is 3. The van der Waals surface area contributed by atoms with Gasteiger partial charge in [0.15, 0.2) is 5.65 Å². The first-order chi connectivity index (χ1) is 14.1. The van der Waals surface area contributed by atoms with Crippen LogP contribution in [0.3, 0.4) is 0 Å². The summed E-state index contributed by atoms with van der Waals surface area (Å²) in [5.41, 5.74) is 3.05. The number of carbonyl (C=O) groups is 1. The average molecular weight is 394 g/mol. The molecular weight excluding hydrogens is 368 g/mol. The van der Waals surface area contributed by atoms with E-state index < -0.39 is 0 Å². The average Bonchev–Trinajstić information content (AvgIpc) is 3.17. The van der Waals surface area contributed by atoms with Gasteiger partial charge in [-0.05, 0) is 24.3 Å². The van der Waals surface area contributed by atoms with Gasteiger partial charge in [0.05, 0.1) is 6.61 Å². The molecule has 0 bridgehead atoms. The Kier molecular flexibility index (Phi) is 5.49. The summed E-state index contributed by atoms with van der Waals surface area (Å²) in [5.74, 6) is 0.235. The van der Waals surface area contributed by atoms with Crippen LogP contribution in [0.25, 0.3) is 16.9 Å². The van der Waals surface area contributed by atoms with Gasteiger partial charge in [0, 0.05) is 31.4 Å². The summed E-state index contributed by atoms with van der Waals surface area (Å²) in [4.78, 5) is 25.2. The van der Waals surface area contributed by atoms with E-state index in [0.717, 1.165) is 5.56 Å². The van der Waals surface area contributed by atoms with E-state index in [-0.39, 0.29) is 24.6 Å². The Hall–Kier alpha value is -2.93. The predicted octanol–water partition coefficient (Wildman–Crippen LogP) is 2.47. The minimum Gasteiger partial charge on any atom is -0.395 e. The fraction of sp³-hybridized carbons (Fsp3) is 0.409. The van der Waals surface area contributed by atoms with E-state index in [1.807, 2.05) is 12.1 Å². The van der Waals surface area contributed by atoms with E-state index in [0.29, 0.717) is 22.8 Å². The van der Waals surface area contributed by atoms with Gasteiger partial charge in [-0.1, -0.05) is 43.5 Å². The number of benzene rings is 1. The Bertz CT molecular complexity index is 1080. The number of hydrogen-bond donors (Lipinski definition) is 2. The van der Waals surface area contributed by atoms with Crippen LogP contribution in [0, 0.1) is 0 Å². The lowest BCUT2D eigenvalue weighted by Crippen LogP contribution is -2.27. The summed E-state index contributed by atoms with van der Waals surface area (Å²) >= 11 is 0. The largest absolute Gasteiger partial charge is 0.395 e. The highest BCUT2D eigenvalue weighted by Gasteiger charge is 2.24. The second kappa shape index (κ2) is 8.21. The molecule has 7 heteroatoms. The third-order valence-corrected chi connectivity index (χ3v) is 5.73. The summed E-state index contributed by atoms with van der Waals surface area (Å²) in [5, 5.41) is 16.2. The molecule has 29 heavy (non-hydrogen) atoms. The zero-order valence-electron chi connectivity index (χ0n) is 16.6. The zero-order valence-corrected chi connectivity index (χ0v) is 16.6. The van der Waals surface area contributed by atoms with Crippen molar-refractivity contribution in [3.05, 3.63) is 58.0 Å². The van der Waals surface area contributed by atoms with E-state index in [9.17, 15) is 9.59 Å². The standard InChI is InChI=1S/C22H26N4O3/c1-25-13-11-18(28)26-22(25)19(21(29)23-12-14-27)20(24-26)17-9-7-16(8-10-17)15-5-3-2-4-6-15/h7-11,13,15,27H,2-6,12,14H2,1H3,(H,23,29). The number of amides is 1. The summed E-state index contributed by atoms with van der Waals surface area (Å²) in [6.07, 6.45) is 7.93. The number of aryl methyl sites for hydroxylation is 1. The molecule has 1 saturated carbocycles. The molecule has 4 rings (SSSR count). The summed E-state index contributed by atoms with van der Waals surface area (Å²) < 4.78 is 2.97. The number of hydrogen-bond acceptors (Lipinski definition) is 4. The molecule has 0 saturated heterocycles. The van der Waals surface area contributed by atoms with Crippen LogP contribution in [0.1, 0.15) is 53.9 Å². The lowest BCUT2D eigenvalue weighted by molar-refractivity contribution is 0.0946. The van der Waals surface area contributed by atoms with Crippen LogP contribution in [0.4, 0.5) is 0 Å². The second-order valence-electron chi connectivity index (χ2n) is 7.66. The van der Waals surface area contributed by atoms with E-state index in [1.165, 1.54) is 48.2 Å². The van der Waals surface area contributed by atoms with Crippen LogP contribution in [0.5, 0.6) is 0 Å². The van der Waals surface area contributed by atoms with Crippen molar-refractivity contribution in [2.45, 2.75) is 38.0 Å². The third-order valence-electron chi connectivity index (χ3n) is 5.73. The van der Waals surface area contributed by atoms with Crippen molar-refractivity contribution in [1.82, 2.24) is 19.5 Å². The molecule has 0 radical (unpaired) electrons. The fourth-order valence-corrected chi connectivity index (χ4v) is 4.22. The van der Waals surface area contributed by atoms with Gasteiger partial charge in [-0.3, -0.25) is 9.59 Å². The third kappa shape index (κ3) is 3.70. The van der Waals surface area contributed by atoms with Crippen molar-refractivity contribution >= 4 is 11.6 Å². The molecule has 1 amide bonds. The molecule has 7 nitrogen and oxygen atoms in total. The Morgan fingerprint density at radius 3 is 2.59 bits per heavy atom. The number of fused-ring (bicyclic) bond motifs is 1. The highest BCUT2D eigenvalue weighted by molar-refractivity contribution is 6.05. The monoisotopic (exact) mass is 394 g/mol. The molecule has 1 aromatic carbocycles. The van der Waals surface area contributed by atoms with E-state index in [2.05, 4.69) is 22.5 Å². The number of rotatable bonds is 5. The van der Waals surface area contributed by atoms with Gasteiger partial charge in [0.25, 0.3) is 11.5 Å². The van der Waals surface area contributed by atoms with Gasteiger partial charge in [-0.25, -0.2) is 0 Å². The molecule has 0 unspecified atom stereocenters. The van der Waals surface area contributed by atoms with Gasteiger partial charge >= 0.3 is 0 Å². The quantitative estimate of drug-likeness (QED) is 0.696. The van der Waals surface area contributed by atoms with Crippen molar-refractivity contribution in [3.63, 3.8) is 0 Å². The molecule has 1 aliphatic rings. The fourth-order valence-electron chi connectivity index (χ4n) is 4.22. The molecule has 152 valence electrons. The molecule has 3 aromatic rings. The van der Waals surface area contributed by atoms with Gasteiger partial charge in [0.1, 0.15) is 11.3 Å². The van der Waals surface area contributed by atoms with Gasteiger partial charge in [-0.15, -0.1) is 0 Å². The maximum Gasteiger partial charge on any atom is 0.274 e. The van der Waals surface area contributed by atoms with Gasteiger partial charge < -0.3 is 15.0 Å². The number of nitrogens with zero attached hydrogens (tertiary/aromatic N) is 3. The number of aliphatic hydroxyl groups excluding tert-OH is 1. The van der Waals surface area contributed by atoms with Crippen molar-refractivity contribution in [2.24, 2.45) is 7.05 Å². The zero-order chi connectivity index (χ0) is 20.4. The Morgan fingerprint density at radius 2 is 1.90 bits per heavy atom. The van der Waals surface area contributed by atoms with Crippen LogP contribution < -0.4 is 10.9 Å². The second-order valence-corrected chi connectivity index (χ2v) is 7.66. The highest BCUT2D eigenvalue weighted by Crippen LogP contribution is 2.34.